The van der Waals surface area contributed by atoms with Crippen LogP contribution in [0.1, 0.15) is 44.7 Å². The summed E-state index contributed by atoms with van der Waals surface area (Å²) >= 11 is 11.7. The van der Waals surface area contributed by atoms with Gasteiger partial charge in [0.1, 0.15) is 0 Å². The average Bonchev–Trinajstić information content (AvgIpc) is 3.09. The largest absolute Gasteiger partial charge is 0.493 e. The fourth-order valence-electron chi connectivity index (χ4n) is 3.88. The number of amides is 2. The highest BCUT2D eigenvalue weighted by Crippen LogP contribution is 2.29. The van der Waals surface area contributed by atoms with E-state index in [1.165, 1.54) is 38.8 Å². The van der Waals surface area contributed by atoms with Crippen molar-refractivity contribution in [2.75, 3.05) is 14.2 Å². The number of benzene rings is 4. The molecule has 0 saturated carbocycles. The molecule has 0 heterocycles. The molecule has 0 spiro atoms. The third-order valence-corrected chi connectivity index (χ3v) is 6.83. The van der Waals surface area contributed by atoms with E-state index in [9.17, 15) is 19.2 Å². The molecule has 14 heteroatoms. The van der Waals surface area contributed by atoms with Gasteiger partial charge in [0.2, 0.25) is 11.8 Å². The minimum absolute atomic E-state index is 0.150. The second-order valence-electron chi connectivity index (χ2n) is 9.70. The van der Waals surface area contributed by atoms with Gasteiger partial charge in [0.15, 0.2) is 23.0 Å². The van der Waals surface area contributed by atoms with Crippen LogP contribution >= 0.6 is 23.2 Å². The molecule has 0 radical (unpaired) electrons. The van der Waals surface area contributed by atoms with E-state index < -0.39 is 23.8 Å². The summed E-state index contributed by atoms with van der Waals surface area (Å²) in [5.41, 5.74) is 6.42. The Morgan fingerprint density at radius 2 is 0.958 bits per heavy atom. The molecule has 0 aromatic heterocycles. The zero-order valence-corrected chi connectivity index (χ0v) is 27.1. The third kappa shape index (κ3) is 10.4. The van der Waals surface area contributed by atoms with E-state index in [2.05, 4.69) is 21.1 Å². The van der Waals surface area contributed by atoms with Crippen LogP contribution in [0.5, 0.6) is 23.0 Å². The first kappa shape index (κ1) is 35.1. The smallest absolute Gasteiger partial charge is 0.343 e. The average molecular weight is 692 g/mol. The van der Waals surface area contributed by atoms with Crippen LogP contribution in [-0.2, 0) is 9.59 Å². The van der Waals surface area contributed by atoms with Gasteiger partial charge in [0.25, 0.3) is 0 Å². The summed E-state index contributed by atoms with van der Waals surface area (Å²) in [5.74, 6) is -1.23. The minimum atomic E-state index is -0.585. The van der Waals surface area contributed by atoms with Crippen LogP contribution in [0, 0.1) is 0 Å². The molecule has 0 aliphatic carbocycles. The summed E-state index contributed by atoms with van der Waals surface area (Å²) in [7, 11) is 2.84. The summed E-state index contributed by atoms with van der Waals surface area (Å²) < 4.78 is 21.5. The highest BCUT2D eigenvalue weighted by Gasteiger charge is 2.14. The number of hydrogen-bond donors (Lipinski definition) is 2. The van der Waals surface area contributed by atoms with Gasteiger partial charge in [-0.3, -0.25) is 9.59 Å². The van der Waals surface area contributed by atoms with E-state index in [4.69, 9.17) is 42.1 Å². The van der Waals surface area contributed by atoms with Gasteiger partial charge < -0.3 is 18.9 Å². The molecule has 2 N–H and O–H groups in total. The molecule has 0 fully saturated rings. The Kier molecular flexibility index (Phi) is 12.6. The molecule has 246 valence electrons. The summed E-state index contributed by atoms with van der Waals surface area (Å²) in [6.07, 6.45) is 2.44. The standard InChI is InChI=1S/C34H28Cl2N4O8/c1-45-29-17-21(3-13-27(29)47-33(43)23-5-9-25(35)10-6-23)19-37-39-31(41)15-16-32(42)40-38-20-22-4-14-28(30(18-22)46-2)48-34(44)24-7-11-26(36)12-8-24/h3-14,17-20H,15-16H2,1-2H3,(H,39,41)(H,40,42)/b37-19-,38-20-. The Morgan fingerprint density at radius 3 is 1.31 bits per heavy atom. The molecule has 0 bridgehead atoms. The van der Waals surface area contributed by atoms with Crippen LogP contribution in [0.25, 0.3) is 0 Å². The lowest BCUT2D eigenvalue weighted by atomic mass is 10.2. The van der Waals surface area contributed by atoms with Gasteiger partial charge in [-0.1, -0.05) is 23.2 Å². The van der Waals surface area contributed by atoms with Gasteiger partial charge in [-0.25, -0.2) is 20.4 Å². The number of methoxy groups -OCH3 is 2. The van der Waals surface area contributed by atoms with Gasteiger partial charge in [0, 0.05) is 22.9 Å². The minimum Gasteiger partial charge on any atom is -0.493 e. The van der Waals surface area contributed by atoms with Crippen molar-refractivity contribution in [3.63, 3.8) is 0 Å². The quantitative estimate of drug-likeness (QED) is 0.0769. The molecule has 0 atom stereocenters. The highest BCUT2D eigenvalue weighted by atomic mass is 35.5. The number of nitrogens with one attached hydrogen (secondary N) is 2. The lowest BCUT2D eigenvalue weighted by Crippen LogP contribution is -2.22. The summed E-state index contributed by atoms with van der Waals surface area (Å²) in [5, 5.41) is 8.78. The molecule has 0 aliphatic heterocycles. The molecule has 0 saturated heterocycles. The number of esters is 2. The highest BCUT2D eigenvalue weighted by molar-refractivity contribution is 6.31. The molecular weight excluding hydrogens is 663 g/mol. The molecule has 4 aromatic rings. The zero-order valence-electron chi connectivity index (χ0n) is 25.6. The number of hydrogen-bond acceptors (Lipinski definition) is 10. The molecule has 2 amide bonds. The van der Waals surface area contributed by atoms with Crippen LogP contribution < -0.4 is 29.8 Å². The van der Waals surface area contributed by atoms with Crippen LogP contribution in [-0.4, -0.2) is 50.4 Å². The maximum atomic E-state index is 12.4. The van der Waals surface area contributed by atoms with E-state index in [1.54, 1.807) is 72.8 Å². The predicted octanol–water partition coefficient (Wildman–Crippen LogP) is 5.83. The first-order chi connectivity index (χ1) is 23.1. The number of rotatable bonds is 13. The molecule has 4 rings (SSSR count). The fourth-order valence-corrected chi connectivity index (χ4v) is 4.14. The van der Waals surface area contributed by atoms with Crippen LogP contribution in [0.2, 0.25) is 10.0 Å². The van der Waals surface area contributed by atoms with Crippen molar-refractivity contribution < 1.29 is 38.1 Å². The molecular formula is C34H28Cl2N4O8. The van der Waals surface area contributed by atoms with Crippen molar-refractivity contribution >= 4 is 59.4 Å². The number of ether oxygens (including phenoxy) is 4. The normalized spacial score (nSPS) is 10.8. The molecule has 4 aromatic carbocycles. The molecule has 12 nitrogen and oxygen atoms in total. The maximum absolute atomic E-state index is 12.4. The fraction of sp³-hybridized carbons (Fsp3) is 0.118. The van der Waals surface area contributed by atoms with Crippen LogP contribution in [0.4, 0.5) is 0 Å². The topological polar surface area (TPSA) is 154 Å². The lowest BCUT2D eigenvalue weighted by Gasteiger charge is -2.10. The van der Waals surface area contributed by atoms with Crippen LogP contribution in [0.15, 0.2) is 95.1 Å². The monoisotopic (exact) mass is 690 g/mol. The van der Waals surface area contributed by atoms with E-state index in [-0.39, 0.29) is 35.8 Å². The first-order valence-corrected chi connectivity index (χ1v) is 14.9. The van der Waals surface area contributed by atoms with Crippen molar-refractivity contribution in [1.29, 1.82) is 0 Å². The van der Waals surface area contributed by atoms with Crippen molar-refractivity contribution in [2.24, 2.45) is 10.2 Å². The van der Waals surface area contributed by atoms with Crippen molar-refractivity contribution in [3.8, 4) is 23.0 Å². The Bertz CT molecular complexity index is 1710. The molecule has 0 unspecified atom stereocenters. The number of carbonyl (C=O) groups excluding carboxylic acids is 4. The summed E-state index contributed by atoms with van der Waals surface area (Å²) in [4.78, 5) is 49.2. The Hall–Kier alpha value is -5.72. The van der Waals surface area contributed by atoms with E-state index in [1.807, 2.05) is 0 Å². The number of nitrogens with zero attached hydrogens (tertiary/aromatic N) is 2. The van der Waals surface area contributed by atoms with Crippen molar-refractivity contribution in [2.45, 2.75) is 12.8 Å². The van der Waals surface area contributed by atoms with Crippen LogP contribution in [0.3, 0.4) is 0 Å². The van der Waals surface area contributed by atoms with Gasteiger partial charge in [0.05, 0.1) is 37.8 Å². The SMILES string of the molecule is COc1cc(/C=N\NC(=O)CCC(=O)N/N=C\c2ccc(OC(=O)c3ccc(Cl)cc3)c(OC)c2)ccc1OC(=O)c1ccc(Cl)cc1. The number of halogens is 2. The molecule has 0 aliphatic rings. The lowest BCUT2D eigenvalue weighted by molar-refractivity contribution is -0.126. The van der Waals surface area contributed by atoms with Gasteiger partial charge in [-0.15, -0.1) is 0 Å². The third-order valence-electron chi connectivity index (χ3n) is 6.33. The van der Waals surface area contributed by atoms with E-state index >= 15 is 0 Å². The second kappa shape index (κ2) is 17.3. The Labute approximate surface area is 285 Å². The Morgan fingerprint density at radius 1 is 0.583 bits per heavy atom. The van der Waals surface area contributed by atoms with Crippen molar-refractivity contribution in [3.05, 3.63) is 117 Å². The predicted molar refractivity (Wildman–Crippen MR) is 180 cm³/mol. The number of hydrazone groups is 2. The second-order valence-corrected chi connectivity index (χ2v) is 10.6. The van der Waals surface area contributed by atoms with E-state index in [0.717, 1.165) is 0 Å². The maximum Gasteiger partial charge on any atom is 0.343 e. The van der Waals surface area contributed by atoms with E-state index in [0.29, 0.717) is 32.3 Å². The van der Waals surface area contributed by atoms with Crippen molar-refractivity contribution in [1.82, 2.24) is 10.9 Å². The Balaban J connectivity index is 1.21. The number of carbonyl (C=O) groups is 4. The zero-order chi connectivity index (χ0) is 34.5. The van der Waals surface area contributed by atoms with Gasteiger partial charge >= 0.3 is 11.9 Å². The van der Waals surface area contributed by atoms with Gasteiger partial charge in [-0.05, 0) is 96.1 Å². The summed E-state index contributed by atoms with van der Waals surface area (Å²) in [6, 6.07) is 21.9. The first-order valence-electron chi connectivity index (χ1n) is 14.1. The van der Waals surface area contributed by atoms with Gasteiger partial charge in [-0.2, -0.15) is 10.2 Å². The summed E-state index contributed by atoms with van der Waals surface area (Å²) in [6.45, 7) is 0. The molecule has 48 heavy (non-hydrogen) atoms.